The van der Waals surface area contributed by atoms with Crippen LogP contribution in [-0.4, -0.2) is 35.7 Å². The Morgan fingerprint density at radius 3 is 2.95 bits per heavy atom. The van der Waals surface area contributed by atoms with Crippen LogP contribution in [0.3, 0.4) is 0 Å². The third-order valence-corrected chi connectivity index (χ3v) is 3.89. The summed E-state index contributed by atoms with van der Waals surface area (Å²) in [6.45, 7) is 0.694. The maximum absolute atomic E-state index is 12.2. The van der Waals surface area contributed by atoms with Gasteiger partial charge in [0.25, 0.3) is 0 Å². The van der Waals surface area contributed by atoms with Gasteiger partial charge in [-0.1, -0.05) is 12.1 Å². The number of nitrogens with zero attached hydrogens (tertiary/aromatic N) is 1. The van der Waals surface area contributed by atoms with Gasteiger partial charge in [0.1, 0.15) is 5.75 Å². The molecule has 1 fully saturated rings. The molecule has 0 saturated carbocycles. The molecule has 1 aromatic carbocycles. The van der Waals surface area contributed by atoms with Gasteiger partial charge in [-0.2, -0.15) is 8.78 Å². The molecule has 1 N–H and O–H groups in total. The zero-order valence-electron chi connectivity index (χ0n) is 11.8. The molecule has 2 unspecified atom stereocenters. The van der Waals surface area contributed by atoms with Gasteiger partial charge < -0.3 is 9.84 Å². The first-order chi connectivity index (χ1) is 9.95. The molecule has 0 amide bonds. The lowest BCUT2D eigenvalue weighted by Crippen LogP contribution is -2.25. The minimum absolute atomic E-state index is 0.0463. The molecule has 2 rings (SSSR count). The highest BCUT2D eigenvalue weighted by Crippen LogP contribution is 2.30. The minimum atomic E-state index is -2.83. The van der Waals surface area contributed by atoms with E-state index in [9.17, 15) is 13.6 Å². The van der Waals surface area contributed by atoms with Crippen molar-refractivity contribution in [3.63, 3.8) is 0 Å². The largest absolute Gasteiger partial charge is 0.481 e. The minimum Gasteiger partial charge on any atom is -0.481 e. The molecule has 0 aliphatic carbocycles. The topological polar surface area (TPSA) is 49.8 Å². The van der Waals surface area contributed by atoms with Crippen molar-refractivity contribution in [1.82, 2.24) is 4.90 Å². The first kappa shape index (κ1) is 15.7. The number of aliphatic carboxylic acids is 1. The van der Waals surface area contributed by atoms with Crippen LogP contribution in [-0.2, 0) is 4.79 Å². The number of benzene rings is 1. The van der Waals surface area contributed by atoms with Gasteiger partial charge in [-0.05, 0) is 43.5 Å². The van der Waals surface area contributed by atoms with Crippen LogP contribution in [0.2, 0.25) is 0 Å². The number of ether oxygens (including phenoxy) is 1. The van der Waals surface area contributed by atoms with E-state index >= 15 is 0 Å². The average molecular weight is 299 g/mol. The second-order valence-electron chi connectivity index (χ2n) is 5.37. The van der Waals surface area contributed by atoms with Gasteiger partial charge >= 0.3 is 12.6 Å². The fraction of sp³-hybridized carbons (Fsp3) is 0.533. The first-order valence-electron chi connectivity index (χ1n) is 6.96. The van der Waals surface area contributed by atoms with Crippen molar-refractivity contribution in [2.45, 2.75) is 32.4 Å². The zero-order valence-corrected chi connectivity index (χ0v) is 11.8. The Balaban J connectivity index is 2.00. The number of hydrogen-bond donors (Lipinski definition) is 1. The van der Waals surface area contributed by atoms with Crippen LogP contribution >= 0.6 is 0 Å². The third kappa shape index (κ3) is 4.39. The monoisotopic (exact) mass is 299 g/mol. The van der Waals surface area contributed by atoms with Gasteiger partial charge in [-0.25, -0.2) is 0 Å². The van der Waals surface area contributed by atoms with Crippen LogP contribution in [0.25, 0.3) is 0 Å². The fourth-order valence-corrected chi connectivity index (χ4v) is 2.79. The van der Waals surface area contributed by atoms with E-state index in [1.165, 1.54) is 6.07 Å². The summed E-state index contributed by atoms with van der Waals surface area (Å²) in [6, 6.07) is 6.72. The molecular weight excluding hydrogens is 280 g/mol. The molecule has 1 aliphatic heterocycles. The molecule has 0 radical (unpaired) electrons. The number of likely N-dealkylation sites (tertiary alicyclic amines) is 1. The molecule has 1 saturated heterocycles. The van der Waals surface area contributed by atoms with E-state index < -0.39 is 12.6 Å². The lowest BCUT2D eigenvalue weighted by Gasteiger charge is -2.25. The summed E-state index contributed by atoms with van der Waals surface area (Å²) in [4.78, 5) is 12.9. The number of alkyl halides is 2. The first-order valence-corrected chi connectivity index (χ1v) is 6.96. The Hall–Kier alpha value is -1.69. The van der Waals surface area contributed by atoms with Crippen molar-refractivity contribution in [3.8, 4) is 5.75 Å². The van der Waals surface area contributed by atoms with E-state index in [1.807, 2.05) is 13.0 Å². The van der Waals surface area contributed by atoms with Gasteiger partial charge in [-0.3, -0.25) is 9.69 Å². The number of carboxylic acid groups (broad SMARTS) is 1. The van der Waals surface area contributed by atoms with Crippen molar-refractivity contribution in [2.24, 2.45) is 5.92 Å². The maximum atomic E-state index is 12.2. The van der Waals surface area contributed by atoms with Crippen molar-refractivity contribution >= 4 is 5.97 Å². The van der Waals surface area contributed by atoms with Crippen molar-refractivity contribution in [3.05, 3.63) is 29.8 Å². The molecule has 1 heterocycles. The normalized spacial score (nSPS) is 20.7. The van der Waals surface area contributed by atoms with Gasteiger partial charge in [0, 0.05) is 19.0 Å². The second-order valence-corrected chi connectivity index (χ2v) is 5.37. The number of carbonyl (C=O) groups is 1. The molecule has 4 nitrogen and oxygen atoms in total. The number of halogens is 2. The summed E-state index contributed by atoms with van der Waals surface area (Å²) >= 11 is 0. The molecule has 6 heteroatoms. The van der Waals surface area contributed by atoms with E-state index in [1.54, 1.807) is 12.1 Å². The highest BCUT2D eigenvalue weighted by molar-refractivity contribution is 5.67. The molecule has 1 aromatic rings. The molecule has 21 heavy (non-hydrogen) atoms. The van der Waals surface area contributed by atoms with Gasteiger partial charge in [0.05, 0.1) is 0 Å². The number of rotatable bonds is 6. The lowest BCUT2D eigenvalue weighted by atomic mass is 10.0. The number of carboxylic acids is 1. The Labute approximate surface area is 122 Å². The predicted octanol–water partition coefficient (Wildman–Crippen LogP) is 3.15. The summed E-state index contributed by atoms with van der Waals surface area (Å²) < 4.78 is 28.9. The molecule has 0 bridgehead atoms. The van der Waals surface area contributed by atoms with Crippen LogP contribution in [0.1, 0.15) is 31.4 Å². The predicted molar refractivity (Wildman–Crippen MR) is 73.4 cm³/mol. The van der Waals surface area contributed by atoms with E-state index in [-0.39, 0.29) is 24.1 Å². The van der Waals surface area contributed by atoms with Crippen molar-refractivity contribution in [2.75, 3.05) is 13.1 Å². The van der Waals surface area contributed by atoms with Crippen LogP contribution in [0.5, 0.6) is 5.75 Å². The van der Waals surface area contributed by atoms with Crippen molar-refractivity contribution < 1.29 is 23.4 Å². The molecule has 2 atom stereocenters. The Bertz CT molecular complexity index is 496. The molecule has 0 aromatic heterocycles. The van der Waals surface area contributed by atoms with E-state index in [0.717, 1.165) is 18.5 Å². The molecule has 0 spiro atoms. The molecule has 116 valence electrons. The Kier molecular flexibility index (Phi) is 5.12. The van der Waals surface area contributed by atoms with E-state index in [2.05, 4.69) is 9.64 Å². The van der Waals surface area contributed by atoms with E-state index in [4.69, 9.17) is 5.11 Å². The van der Waals surface area contributed by atoms with Gasteiger partial charge in [0.15, 0.2) is 0 Å². The maximum Gasteiger partial charge on any atom is 0.387 e. The standard InChI is InChI=1S/C15H19F2NO3/c1-10(18-6-5-11(9-18)7-14(19)20)12-3-2-4-13(8-12)21-15(16)17/h2-4,8,10-11,15H,5-7,9H2,1H3,(H,19,20). The summed E-state index contributed by atoms with van der Waals surface area (Å²) in [5.74, 6) is -0.470. The number of hydrogen-bond acceptors (Lipinski definition) is 3. The highest BCUT2D eigenvalue weighted by Gasteiger charge is 2.28. The van der Waals surface area contributed by atoms with Crippen LogP contribution in [0, 0.1) is 5.92 Å². The lowest BCUT2D eigenvalue weighted by molar-refractivity contribution is -0.138. The van der Waals surface area contributed by atoms with Crippen LogP contribution in [0.4, 0.5) is 8.78 Å². The van der Waals surface area contributed by atoms with Gasteiger partial charge in [-0.15, -0.1) is 0 Å². The average Bonchev–Trinajstić information content (AvgIpc) is 2.85. The smallest absolute Gasteiger partial charge is 0.387 e. The summed E-state index contributed by atoms with van der Waals surface area (Å²) in [6.07, 6.45) is 1.03. The molecular formula is C15H19F2NO3. The quantitative estimate of drug-likeness (QED) is 0.876. The summed E-state index contributed by atoms with van der Waals surface area (Å²) in [5.41, 5.74) is 0.893. The highest BCUT2D eigenvalue weighted by atomic mass is 19.3. The van der Waals surface area contributed by atoms with E-state index in [0.29, 0.717) is 6.54 Å². The zero-order chi connectivity index (χ0) is 15.4. The Morgan fingerprint density at radius 2 is 2.29 bits per heavy atom. The SMILES string of the molecule is CC(c1cccc(OC(F)F)c1)N1CCC(CC(=O)O)C1. The molecule has 1 aliphatic rings. The van der Waals surface area contributed by atoms with Crippen LogP contribution < -0.4 is 4.74 Å². The summed E-state index contributed by atoms with van der Waals surface area (Å²) in [5, 5.41) is 8.83. The fourth-order valence-electron chi connectivity index (χ4n) is 2.79. The second kappa shape index (κ2) is 6.85. The Morgan fingerprint density at radius 1 is 1.52 bits per heavy atom. The third-order valence-electron chi connectivity index (χ3n) is 3.89. The van der Waals surface area contributed by atoms with Crippen LogP contribution in [0.15, 0.2) is 24.3 Å². The van der Waals surface area contributed by atoms with Gasteiger partial charge in [0.2, 0.25) is 0 Å². The summed E-state index contributed by atoms with van der Waals surface area (Å²) in [7, 11) is 0. The van der Waals surface area contributed by atoms with Crippen molar-refractivity contribution in [1.29, 1.82) is 0 Å².